The highest BCUT2D eigenvalue weighted by Crippen LogP contribution is 2.38. The maximum absolute atomic E-state index is 13.5. The number of benzene rings is 2. The van der Waals surface area contributed by atoms with E-state index in [-0.39, 0.29) is 11.9 Å². The molecule has 0 aliphatic carbocycles. The van der Waals surface area contributed by atoms with Crippen LogP contribution in [-0.2, 0) is 21.7 Å². The average Bonchev–Trinajstić information content (AvgIpc) is 2.72. The second kappa shape index (κ2) is 9.79. The van der Waals surface area contributed by atoms with Gasteiger partial charge >= 0.3 is 0 Å². The fourth-order valence-electron chi connectivity index (χ4n) is 3.53. The van der Waals surface area contributed by atoms with Crippen LogP contribution in [0.25, 0.3) is 0 Å². The summed E-state index contributed by atoms with van der Waals surface area (Å²) in [6, 6.07) is 16.8. The summed E-state index contributed by atoms with van der Waals surface area (Å²) in [5, 5.41) is 3.41. The Morgan fingerprint density at radius 2 is 1.89 bits per heavy atom. The monoisotopic (exact) mass is 369 g/mol. The first kappa shape index (κ1) is 19.7. The van der Waals surface area contributed by atoms with Gasteiger partial charge in [-0.2, -0.15) is 0 Å². The van der Waals surface area contributed by atoms with E-state index in [4.69, 9.17) is 9.47 Å². The van der Waals surface area contributed by atoms with Crippen molar-refractivity contribution in [1.82, 2.24) is 5.32 Å². The Bertz CT molecular complexity index is 717. The summed E-state index contributed by atoms with van der Waals surface area (Å²) in [7, 11) is 0. The lowest BCUT2D eigenvalue weighted by molar-refractivity contribution is -0.168. The number of nitrogens with one attached hydrogen (secondary N) is 1. The zero-order chi connectivity index (χ0) is 19.0. The van der Waals surface area contributed by atoms with Gasteiger partial charge in [0.2, 0.25) is 0 Å². The normalized spacial score (nSPS) is 23.0. The third-order valence-corrected chi connectivity index (χ3v) is 4.99. The van der Waals surface area contributed by atoms with E-state index in [1.807, 2.05) is 36.4 Å². The summed E-state index contributed by atoms with van der Waals surface area (Å²) in [5.74, 6) is -0.241. The van der Waals surface area contributed by atoms with Gasteiger partial charge in [-0.25, -0.2) is 4.39 Å². The molecule has 2 unspecified atom stereocenters. The first-order valence-corrected chi connectivity index (χ1v) is 9.66. The van der Waals surface area contributed by atoms with E-state index in [0.29, 0.717) is 19.8 Å². The molecule has 0 bridgehead atoms. The standard InChI is InChI=1S/C23H28FNO2/c1-2-3-7-16-26-22-17-25-15-14-23(22,20-10-12-21(24)13-11-20)27-18-19-8-5-4-6-9-19/h3-13,22,25H,2,14-18H2,1H3/b7-3-. The Labute approximate surface area is 161 Å². The molecular weight excluding hydrogens is 341 g/mol. The number of allylic oxidation sites excluding steroid dienone is 1. The van der Waals surface area contributed by atoms with Gasteiger partial charge in [0, 0.05) is 6.54 Å². The van der Waals surface area contributed by atoms with Crippen LogP contribution in [0.1, 0.15) is 30.9 Å². The zero-order valence-corrected chi connectivity index (χ0v) is 15.9. The first-order chi connectivity index (χ1) is 13.2. The number of rotatable bonds is 8. The average molecular weight is 369 g/mol. The molecule has 3 nitrogen and oxygen atoms in total. The molecule has 27 heavy (non-hydrogen) atoms. The minimum atomic E-state index is -0.602. The van der Waals surface area contributed by atoms with Crippen LogP contribution in [0.4, 0.5) is 4.39 Å². The van der Waals surface area contributed by atoms with Crippen molar-refractivity contribution in [2.75, 3.05) is 19.7 Å². The van der Waals surface area contributed by atoms with Crippen LogP contribution in [0, 0.1) is 5.82 Å². The third-order valence-electron chi connectivity index (χ3n) is 4.99. The first-order valence-electron chi connectivity index (χ1n) is 9.66. The van der Waals surface area contributed by atoms with Crippen molar-refractivity contribution in [1.29, 1.82) is 0 Å². The van der Waals surface area contributed by atoms with Crippen molar-refractivity contribution in [2.45, 2.75) is 38.1 Å². The van der Waals surface area contributed by atoms with Gasteiger partial charge in [-0.15, -0.1) is 0 Å². The largest absolute Gasteiger partial charge is 0.369 e. The van der Waals surface area contributed by atoms with Gasteiger partial charge < -0.3 is 14.8 Å². The smallest absolute Gasteiger partial charge is 0.123 e. The molecule has 3 rings (SSSR count). The Balaban J connectivity index is 1.86. The highest BCUT2D eigenvalue weighted by Gasteiger charge is 2.44. The number of hydrogen-bond donors (Lipinski definition) is 1. The maximum Gasteiger partial charge on any atom is 0.123 e. The Kier molecular flexibility index (Phi) is 7.16. The SMILES string of the molecule is CC/C=C\COC1CNCCC1(OCc1ccccc1)c1ccc(F)cc1. The highest BCUT2D eigenvalue weighted by molar-refractivity contribution is 5.27. The highest BCUT2D eigenvalue weighted by atomic mass is 19.1. The predicted molar refractivity (Wildman–Crippen MR) is 106 cm³/mol. The van der Waals surface area contributed by atoms with E-state index in [1.165, 1.54) is 12.1 Å². The Morgan fingerprint density at radius 1 is 1.11 bits per heavy atom. The quantitative estimate of drug-likeness (QED) is 0.691. The lowest BCUT2D eigenvalue weighted by Crippen LogP contribution is -2.54. The lowest BCUT2D eigenvalue weighted by atomic mass is 9.82. The van der Waals surface area contributed by atoms with Gasteiger partial charge in [-0.3, -0.25) is 0 Å². The van der Waals surface area contributed by atoms with Gasteiger partial charge in [0.25, 0.3) is 0 Å². The maximum atomic E-state index is 13.5. The van der Waals surface area contributed by atoms with Gasteiger partial charge in [-0.05, 0) is 42.6 Å². The molecule has 144 valence electrons. The van der Waals surface area contributed by atoms with Crippen molar-refractivity contribution in [3.05, 3.63) is 83.7 Å². The molecule has 1 aliphatic heterocycles. The fraction of sp³-hybridized carbons (Fsp3) is 0.391. The van der Waals surface area contributed by atoms with Crippen molar-refractivity contribution in [2.24, 2.45) is 0 Å². The molecule has 1 heterocycles. The molecule has 1 N–H and O–H groups in total. The van der Waals surface area contributed by atoms with E-state index in [2.05, 4.69) is 30.4 Å². The van der Waals surface area contributed by atoms with E-state index < -0.39 is 5.60 Å². The van der Waals surface area contributed by atoms with E-state index in [1.54, 1.807) is 0 Å². The van der Waals surface area contributed by atoms with Crippen molar-refractivity contribution in [3.63, 3.8) is 0 Å². The van der Waals surface area contributed by atoms with Crippen LogP contribution >= 0.6 is 0 Å². The number of piperidine rings is 1. The van der Waals surface area contributed by atoms with Crippen LogP contribution in [-0.4, -0.2) is 25.8 Å². The molecule has 1 aliphatic rings. The van der Waals surface area contributed by atoms with E-state index in [0.717, 1.165) is 30.5 Å². The molecular formula is C23H28FNO2. The molecule has 4 heteroatoms. The number of hydrogen-bond acceptors (Lipinski definition) is 3. The van der Waals surface area contributed by atoms with Crippen LogP contribution in [0.15, 0.2) is 66.7 Å². The predicted octanol–water partition coefficient (Wildman–Crippen LogP) is 4.58. The van der Waals surface area contributed by atoms with E-state index >= 15 is 0 Å². The summed E-state index contributed by atoms with van der Waals surface area (Å²) in [4.78, 5) is 0. The third kappa shape index (κ3) is 5.04. The molecule has 2 atom stereocenters. The zero-order valence-electron chi connectivity index (χ0n) is 15.9. The summed E-state index contributed by atoms with van der Waals surface area (Å²) < 4.78 is 26.3. The van der Waals surface area contributed by atoms with Crippen LogP contribution in [0.5, 0.6) is 0 Å². The van der Waals surface area contributed by atoms with E-state index in [9.17, 15) is 4.39 Å². The molecule has 2 aromatic rings. The molecule has 2 aromatic carbocycles. The molecule has 0 spiro atoms. The van der Waals surface area contributed by atoms with Gasteiger partial charge in [-0.1, -0.05) is 61.5 Å². The Morgan fingerprint density at radius 3 is 2.63 bits per heavy atom. The molecule has 1 fully saturated rings. The second-order valence-electron chi connectivity index (χ2n) is 6.83. The van der Waals surface area contributed by atoms with Gasteiger partial charge in [0.1, 0.15) is 17.5 Å². The molecule has 0 amide bonds. The van der Waals surface area contributed by atoms with Crippen LogP contribution < -0.4 is 5.32 Å². The Hall–Kier alpha value is -2.01. The minimum absolute atomic E-state index is 0.151. The van der Waals surface area contributed by atoms with Crippen molar-refractivity contribution >= 4 is 0 Å². The summed E-state index contributed by atoms with van der Waals surface area (Å²) in [6.45, 7) is 4.66. The van der Waals surface area contributed by atoms with Crippen molar-refractivity contribution < 1.29 is 13.9 Å². The second-order valence-corrected chi connectivity index (χ2v) is 6.83. The molecule has 0 radical (unpaired) electrons. The van der Waals surface area contributed by atoms with Crippen molar-refractivity contribution in [3.8, 4) is 0 Å². The molecule has 1 saturated heterocycles. The van der Waals surface area contributed by atoms with Gasteiger partial charge in [0.05, 0.1) is 13.2 Å². The summed E-state index contributed by atoms with van der Waals surface area (Å²) >= 11 is 0. The number of halogens is 1. The topological polar surface area (TPSA) is 30.5 Å². The summed E-state index contributed by atoms with van der Waals surface area (Å²) in [6.07, 6.45) is 5.75. The fourth-order valence-corrected chi connectivity index (χ4v) is 3.53. The minimum Gasteiger partial charge on any atom is -0.369 e. The molecule has 0 aromatic heterocycles. The molecule has 0 saturated carbocycles. The lowest BCUT2D eigenvalue weighted by Gasteiger charge is -2.44. The van der Waals surface area contributed by atoms with Crippen LogP contribution in [0.3, 0.4) is 0 Å². The van der Waals surface area contributed by atoms with Crippen LogP contribution in [0.2, 0.25) is 0 Å². The van der Waals surface area contributed by atoms with Gasteiger partial charge in [0.15, 0.2) is 0 Å². The number of ether oxygens (including phenoxy) is 2. The summed E-state index contributed by atoms with van der Waals surface area (Å²) in [5.41, 5.74) is 1.47.